The van der Waals surface area contributed by atoms with E-state index in [0.29, 0.717) is 6.54 Å². The van der Waals surface area contributed by atoms with Gasteiger partial charge in [-0.1, -0.05) is 98.6 Å². The predicted octanol–water partition coefficient (Wildman–Crippen LogP) is 7.88. The van der Waals surface area contributed by atoms with E-state index >= 15 is 0 Å². The quantitative estimate of drug-likeness (QED) is 0.205. The maximum atomic E-state index is 14.0. The molecule has 0 saturated carbocycles. The summed E-state index contributed by atoms with van der Waals surface area (Å²) < 4.78 is 0. The average Bonchev–Trinajstić information content (AvgIpc) is 2.97. The van der Waals surface area contributed by atoms with E-state index in [1.54, 1.807) is 0 Å². The van der Waals surface area contributed by atoms with Gasteiger partial charge in [0.05, 0.1) is 0 Å². The molecule has 0 atom stereocenters. The Kier molecular flexibility index (Phi) is 8.88. The third-order valence-electron chi connectivity index (χ3n) is 7.94. The van der Waals surface area contributed by atoms with Crippen molar-refractivity contribution < 1.29 is 4.79 Å². The summed E-state index contributed by atoms with van der Waals surface area (Å²) in [5, 5.41) is 2.47. The number of aryl methyl sites for hydroxylation is 1. The van der Waals surface area contributed by atoms with Crippen molar-refractivity contribution in [2.45, 2.75) is 64.6 Å². The number of hydrogen-bond acceptors (Lipinski definition) is 2. The van der Waals surface area contributed by atoms with E-state index in [4.69, 9.17) is 0 Å². The van der Waals surface area contributed by atoms with Gasteiger partial charge in [-0.2, -0.15) is 0 Å². The Morgan fingerprint density at radius 3 is 2.18 bits per heavy atom. The number of likely N-dealkylation sites (tertiary alicyclic amines) is 1. The molecule has 0 spiro atoms. The lowest BCUT2D eigenvalue weighted by molar-refractivity contribution is 0.0543. The van der Waals surface area contributed by atoms with E-state index in [1.165, 1.54) is 46.7 Å². The maximum absolute atomic E-state index is 14.0. The molecule has 1 amide bonds. The first-order chi connectivity index (χ1) is 18.7. The first-order valence-electron chi connectivity index (χ1n) is 14.3. The van der Waals surface area contributed by atoms with Crippen LogP contribution < -0.4 is 0 Å². The van der Waals surface area contributed by atoms with Crippen LogP contribution in [0.25, 0.3) is 10.8 Å². The highest BCUT2D eigenvalue weighted by Gasteiger charge is 2.29. The van der Waals surface area contributed by atoms with Gasteiger partial charge in [-0.15, -0.1) is 0 Å². The van der Waals surface area contributed by atoms with Crippen LogP contribution in [0.4, 0.5) is 0 Å². The lowest BCUT2D eigenvalue weighted by Crippen LogP contribution is -2.46. The van der Waals surface area contributed by atoms with Crippen molar-refractivity contribution in [2.75, 3.05) is 13.1 Å². The van der Waals surface area contributed by atoms with Gasteiger partial charge in [-0.25, -0.2) is 0 Å². The number of unbranched alkanes of at least 4 members (excludes halogenated alkanes) is 2. The van der Waals surface area contributed by atoms with Gasteiger partial charge in [0.15, 0.2) is 0 Å². The number of hydrogen-bond donors (Lipinski definition) is 0. The lowest BCUT2D eigenvalue weighted by atomic mass is 9.99. The van der Waals surface area contributed by atoms with Gasteiger partial charge in [0.25, 0.3) is 5.91 Å². The largest absolute Gasteiger partial charge is 0.331 e. The molecule has 3 nitrogen and oxygen atoms in total. The van der Waals surface area contributed by atoms with Crippen LogP contribution in [0.15, 0.2) is 97.1 Å². The molecule has 38 heavy (non-hydrogen) atoms. The third-order valence-corrected chi connectivity index (χ3v) is 7.94. The summed E-state index contributed by atoms with van der Waals surface area (Å²) in [6.07, 6.45) is 6.78. The van der Waals surface area contributed by atoms with Crippen LogP contribution in [0.2, 0.25) is 0 Å². The summed E-state index contributed by atoms with van der Waals surface area (Å²) in [7, 11) is 0. The van der Waals surface area contributed by atoms with Gasteiger partial charge in [-0.05, 0) is 71.3 Å². The molecule has 196 valence electrons. The smallest absolute Gasteiger partial charge is 0.254 e. The Morgan fingerprint density at radius 2 is 1.45 bits per heavy atom. The van der Waals surface area contributed by atoms with Crippen molar-refractivity contribution in [2.24, 2.45) is 0 Å². The molecule has 4 aromatic rings. The highest BCUT2D eigenvalue weighted by Crippen LogP contribution is 2.25. The fraction of sp³-hybridized carbons (Fsp3) is 0.343. The summed E-state index contributed by atoms with van der Waals surface area (Å²) in [6, 6.07) is 34.4. The van der Waals surface area contributed by atoms with Crippen LogP contribution in [-0.4, -0.2) is 34.8 Å². The number of benzene rings is 4. The molecule has 0 aromatic heterocycles. The Bertz CT molecular complexity index is 1310. The van der Waals surface area contributed by atoms with Gasteiger partial charge in [-0.3, -0.25) is 9.69 Å². The number of amides is 1. The zero-order valence-corrected chi connectivity index (χ0v) is 22.7. The van der Waals surface area contributed by atoms with Gasteiger partial charge >= 0.3 is 0 Å². The van der Waals surface area contributed by atoms with E-state index in [-0.39, 0.29) is 11.9 Å². The number of carbonyl (C=O) groups excluding carboxylic acids is 1. The predicted molar refractivity (Wildman–Crippen MR) is 158 cm³/mol. The second-order valence-electron chi connectivity index (χ2n) is 10.8. The van der Waals surface area contributed by atoms with Crippen molar-refractivity contribution in [1.29, 1.82) is 0 Å². The summed E-state index contributed by atoms with van der Waals surface area (Å²) in [5.41, 5.74) is 4.68. The van der Waals surface area contributed by atoms with Gasteiger partial charge in [0.2, 0.25) is 0 Å². The minimum atomic E-state index is 0.153. The minimum Gasteiger partial charge on any atom is -0.331 e. The highest BCUT2D eigenvalue weighted by molar-refractivity contribution is 5.94. The Balaban J connectivity index is 1.32. The standard InChI is InChI=1S/C35H40N2O/c1-2-3-5-10-28-15-19-32(20-16-28)35(38)37(27-30-17-18-31-13-8-9-14-33(31)25-30)34-21-23-36(24-22-34)26-29-11-6-4-7-12-29/h4,6-9,11-20,25,34H,2-3,5,10,21-24,26-27H2,1H3. The Morgan fingerprint density at radius 1 is 0.763 bits per heavy atom. The van der Waals surface area contributed by atoms with E-state index in [0.717, 1.165) is 44.5 Å². The van der Waals surface area contributed by atoms with E-state index in [2.05, 4.69) is 102 Å². The first kappa shape index (κ1) is 26.2. The van der Waals surface area contributed by atoms with Gasteiger partial charge < -0.3 is 4.90 Å². The van der Waals surface area contributed by atoms with Crippen LogP contribution in [0.3, 0.4) is 0 Å². The van der Waals surface area contributed by atoms with Crippen LogP contribution in [-0.2, 0) is 19.5 Å². The molecule has 5 rings (SSSR count). The zero-order valence-electron chi connectivity index (χ0n) is 22.7. The molecule has 4 aromatic carbocycles. The average molecular weight is 505 g/mol. The van der Waals surface area contributed by atoms with Crippen LogP contribution in [0, 0.1) is 0 Å². The second kappa shape index (κ2) is 12.9. The number of fused-ring (bicyclic) bond motifs is 1. The van der Waals surface area contributed by atoms with Crippen LogP contribution in [0.5, 0.6) is 0 Å². The Hall–Kier alpha value is -3.43. The zero-order chi connectivity index (χ0) is 26.2. The number of rotatable bonds is 10. The fourth-order valence-corrected chi connectivity index (χ4v) is 5.69. The van der Waals surface area contributed by atoms with Crippen molar-refractivity contribution in [3.8, 4) is 0 Å². The molecular formula is C35H40N2O. The number of piperidine rings is 1. The van der Waals surface area contributed by atoms with Gasteiger partial charge in [0, 0.05) is 37.8 Å². The normalized spacial score (nSPS) is 14.6. The van der Waals surface area contributed by atoms with Crippen molar-refractivity contribution in [1.82, 2.24) is 9.80 Å². The van der Waals surface area contributed by atoms with Crippen molar-refractivity contribution >= 4 is 16.7 Å². The molecule has 0 aliphatic carbocycles. The van der Waals surface area contributed by atoms with Crippen molar-refractivity contribution in [3.05, 3.63) is 119 Å². The van der Waals surface area contributed by atoms with Crippen molar-refractivity contribution in [3.63, 3.8) is 0 Å². The van der Waals surface area contributed by atoms with E-state index in [9.17, 15) is 4.79 Å². The van der Waals surface area contributed by atoms with Crippen LogP contribution in [0.1, 0.15) is 66.1 Å². The van der Waals surface area contributed by atoms with E-state index in [1.807, 2.05) is 12.1 Å². The molecule has 1 aliphatic rings. The summed E-state index contributed by atoms with van der Waals surface area (Å²) >= 11 is 0. The lowest BCUT2D eigenvalue weighted by Gasteiger charge is -2.39. The highest BCUT2D eigenvalue weighted by atomic mass is 16.2. The molecule has 0 unspecified atom stereocenters. The number of nitrogens with zero attached hydrogens (tertiary/aromatic N) is 2. The molecular weight excluding hydrogens is 464 g/mol. The third kappa shape index (κ3) is 6.71. The summed E-state index contributed by atoms with van der Waals surface area (Å²) in [5.74, 6) is 0.153. The fourth-order valence-electron chi connectivity index (χ4n) is 5.69. The molecule has 1 fully saturated rings. The SMILES string of the molecule is CCCCCc1ccc(C(=O)N(Cc2ccc3ccccc3c2)C2CCN(Cc3ccccc3)CC2)cc1. The molecule has 3 heteroatoms. The Labute approximate surface area is 228 Å². The molecule has 1 aliphatic heterocycles. The van der Waals surface area contributed by atoms with E-state index < -0.39 is 0 Å². The molecule has 1 saturated heterocycles. The topological polar surface area (TPSA) is 23.6 Å². The minimum absolute atomic E-state index is 0.153. The second-order valence-corrected chi connectivity index (χ2v) is 10.8. The van der Waals surface area contributed by atoms with Gasteiger partial charge in [0.1, 0.15) is 0 Å². The summed E-state index contributed by atoms with van der Waals surface area (Å²) in [4.78, 5) is 18.6. The van der Waals surface area contributed by atoms with Crippen LogP contribution >= 0.6 is 0 Å². The monoisotopic (exact) mass is 504 g/mol. The maximum Gasteiger partial charge on any atom is 0.254 e. The molecule has 0 bridgehead atoms. The number of carbonyl (C=O) groups is 1. The molecule has 1 heterocycles. The molecule has 0 N–H and O–H groups in total. The molecule has 0 radical (unpaired) electrons. The first-order valence-corrected chi connectivity index (χ1v) is 14.3. The summed E-state index contributed by atoms with van der Waals surface area (Å²) in [6.45, 7) is 5.88.